The van der Waals surface area contributed by atoms with Gasteiger partial charge in [0.2, 0.25) is 5.56 Å². The quantitative estimate of drug-likeness (QED) is 0.343. The van der Waals surface area contributed by atoms with Crippen LogP contribution in [0.25, 0.3) is 0 Å². The fourth-order valence-electron chi connectivity index (χ4n) is 1.31. The third-order valence-corrected chi connectivity index (χ3v) is 1.99. The van der Waals surface area contributed by atoms with Gasteiger partial charge in [0.1, 0.15) is 25.0 Å². The van der Waals surface area contributed by atoms with Gasteiger partial charge in [-0.3, -0.25) is 0 Å². The number of nitrogens with zero attached hydrogens (tertiary/aromatic N) is 6. The fourth-order valence-corrected chi connectivity index (χ4v) is 1.31. The molecule has 0 aliphatic rings. The second-order valence-electron chi connectivity index (χ2n) is 3.06. The van der Waals surface area contributed by atoms with Gasteiger partial charge in [-0.1, -0.05) is 10.3 Å². The topological polar surface area (TPSA) is 158 Å². The maximum Gasteiger partial charge on any atom is 0.430 e. The molecular weight excluding hydrogens is 264 g/mol. The van der Waals surface area contributed by atoms with Crippen molar-refractivity contribution in [1.29, 1.82) is 0 Å². The fraction of sp³-hybridized carbons (Fsp3) is 0.286. The molecule has 12 heteroatoms. The lowest BCUT2D eigenvalue weighted by Crippen LogP contribution is -2.09. The molecule has 0 unspecified atom stereocenters. The minimum absolute atomic E-state index is 0.520. The lowest BCUT2D eigenvalue weighted by molar-refractivity contribution is -0.395. The Kier molecular flexibility index (Phi) is 4.07. The molecule has 1 aromatic heterocycles. The maximum atomic E-state index is 10.9. The highest BCUT2D eigenvalue weighted by Gasteiger charge is 2.38. The monoisotopic (exact) mass is 272 g/mol. The molecule has 102 valence electrons. The van der Waals surface area contributed by atoms with Crippen molar-refractivity contribution in [2.45, 2.75) is 0 Å². The van der Waals surface area contributed by atoms with Crippen molar-refractivity contribution in [3.05, 3.63) is 25.8 Å². The molecule has 1 aromatic rings. The number of hydrogen-bond acceptors (Lipinski definition) is 9. The standard InChI is InChI=1S/C7H8N6O6/c1-11-7(13(17)18)5(6(9-11)12(15)16)4(10-14)3-8-19-2/h3,14H,1-2H3. The Morgan fingerprint density at radius 3 is 2.53 bits per heavy atom. The van der Waals surface area contributed by atoms with E-state index in [1.54, 1.807) is 0 Å². The molecule has 0 radical (unpaired) electrons. The summed E-state index contributed by atoms with van der Waals surface area (Å²) in [5.74, 6) is -1.54. The molecule has 0 bridgehead atoms. The molecule has 0 spiro atoms. The summed E-state index contributed by atoms with van der Waals surface area (Å²) < 4.78 is 0.694. The van der Waals surface area contributed by atoms with Crippen LogP contribution < -0.4 is 0 Å². The summed E-state index contributed by atoms with van der Waals surface area (Å²) in [6, 6.07) is 0. The molecule has 0 aliphatic carbocycles. The van der Waals surface area contributed by atoms with E-state index in [1.165, 1.54) is 7.11 Å². The molecule has 0 aliphatic heterocycles. The maximum absolute atomic E-state index is 10.9. The zero-order chi connectivity index (χ0) is 14.6. The van der Waals surface area contributed by atoms with Crippen molar-refractivity contribution >= 4 is 23.6 Å². The number of aryl methyl sites for hydroxylation is 1. The zero-order valence-corrected chi connectivity index (χ0v) is 9.75. The summed E-state index contributed by atoms with van der Waals surface area (Å²) >= 11 is 0. The molecular formula is C7H8N6O6. The van der Waals surface area contributed by atoms with Gasteiger partial charge in [-0.2, -0.15) is 0 Å². The van der Waals surface area contributed by atoms with Gasteiger partial charge in [-0.15, -0.1) is 0 Å². The van der Waals surface area contributed by atoms with Crippen LogP contribution in [-0.2, 0) is 11.9 Å². The van der Waals surface area contributed by atoms with Crippen LogP contribution in [0.4, 0.5) is 11.6 Å². The largest absolute Gasteiger partial charge is 0.430 e. The minimum Gasteiger partial charge on any atom is -0.410 e. The van der Waals surface area contributed by atoms with E-state index in [-0.39, 0.29) is 0 Å². The highest BCUT2D eigenvalue weighted by atomic mass is 16.6. The van der Waals surface area contributed by atoms with Crippen LogP contribution in [-0.4, -0.2) is 43.9 Å². The Bertz CT molecular complexity index is 575. The number of hydrogen-bond donors (Lipinski definition) is 1. The Morgan fingerprint density at radius 1 is 1.47 bits per heavy atom. The lowest BCUT2D eigenvalue weighted by Gasteiger charge is -1.96. The average molecular weight is 272 g/mol. The van der Waals surface area contributed by atoms with Gasteiger partial charge in [0.15, 0.2) is 0 Å². The number of aromatic nitrogens is 2. The van der Waals surface area contributed by atoms with Crippen LogP contribution in [0.2, 0.25) is 0 Å². The van der Waals surface area contributed by atoms with Gasteiger partial charge in [0.25, 0.3) is 0 Å². The van der Waals surface area contributed by atoms with Gasteiger partial charge in [0, 0.05) is 0 Å². The Hall–Kier alpha value is -3.05. The third kappa shape index (κ3) is 2.62. The van der Waals surface area contributed by atoms with Crippen LogP contribution in [0.5, 0.6) is 0 Å². The lowest BCUT2D eigenvalue weighted by atomic mass is 10.2. The molecule has 1 rings (SSSR count). The van der Waals surface area contributed by atoms with Gasteiger partial charge in [-0.25, -0.2) is 0 Å². The first-order valence-electron chi connectivity index (χ1n) is 4.58. The summed E-state index contributed by atoms with van der Waals surface area (Å²) in [5.41, 5.74) is -1.09. The molecule has 0 amide bonds. The SMILES string of the molecule is CON=CC(=NO)c1c([N+](=O)[O-])nn(C)c1[N+](=O)[O-]. The molecule has 0 aromatic carbocycles. The highest BCUT2D eigenvalue weighted by molar-refractivity contribution is 6.40. The van der Waals surface area contributed by atoms with Gasteiger partial charge in [0.05, 0.1) is 6.21 Å². The first kappa shape index (κ1) is 14.0. The van der Waals surface area contributed by atoms with E-state index < -0.39 is 32.8 Å². The van der Waals surface area contributed by atoms with E-state index in [9.17, 15) is 20.2 Å². The predicted octanol–water partition coefficient (Wildman–Crippen LogP) is 0.0470. The molecule has 0 fully saturated rings. The minimum atomic E-state index is -0.936. The van der Waals surface area contributed by atoms with Gasteiger partial charge < -0.3 is 30.3 Å². The second kappa shape index (κ2) is 5.52. The number of rotatable bonds is 5. The van der Waals surface area contributed by atoms with E-state index in [2.05, 4.69) is 20.2 Å². The van der Waals surface area contributed by atoms with Crippen molar-refractivity contribution in [3.63, 3.8) is 0 Å². The molecule has 0 saturated carbocycles. The Morgan fingerprint density at radius 2 is 2.11 bits per heavy atom. The molecule has 12 nitrogen and oxygen atoms in total. The summed E-state index contributed by atoms with van der Waals surface area (Å²) in [7, 11) is 2.33. The highest BCUT2D eigenvalue weighted by Crippen LogP contribution is 2.27. The summed E-state index contributed by atoms with van der Waals surface area (Å²) in [6.07, 6.45) is 0.789. The van der Waals surface area contributed by atoms with Crippen LogP contribution >= 0.6 is 0 Å². The summed E-state index contributed by atoms with van der Waals surface area (Å²) in [5, 5.41) is 39.8. The predicted molar refractivity (Wildman–Crippen MR) is 60.3 cm³/mol. The first-order valence-corrected chi connectivity index (χ1v) is 4.58. The van der Waals surface area contributed by atoms with Crippen LogP contribution in [0.3, 0.4) is 0 Å². The number of oxime groups is 2. The van der Waals surface area contributed by atoms with Crippen LogP contribution in [0.1, 0.15) is 5.56 Å². The van der Waals surface area contributed by atoms with E-state index in [0.29, 0.717) is 4.68 Å². The van der Waals surface area contributed by atoms with Gasteiger partial charge in [-0.05, 0) is 14.5 Å². The molecule has 1 N–H and O–H groups in total. The Labute approximate surface area is 104 Å². The van der Waals surface area contributed by atoms with E-state index in [4.69, 9.17) is 5.21 Å². The molecule has 0 atom stereocenters. The van der Waals surface area contributed by atoms with E-state index >= 15 is 0 Å². The van der Waals surface area contributed by atoms with Crippen molar-refractivity contribution in [3.8, 4) is 0 Å². The third-order valence-electron chi connectivity index (χ3n) is 1.99. The second-order valence-corrected chi connectivity index (χ2v) is 3.06. The summed E-state index contributed by atoms with van der Waals surface area (Å²) in [4.78, 5) is 24.2. The molecule has 19 heavy (non-hydrogen) atoms. The first-order chi connectivity index (χ1) is 8.93. The van der Waals surface area contributed by atoms with Crippen molar-refractivity contribution in [2.24, 2.45) is 17.4 Å². The smallest absolute Gasteiger partial charge is 0.410 e. The van der Waals surface area contributed by atoms with Crippen LogP contribution in [0, 0.1) is 20.2 Å². The van der Waals surface area contributed by atoms with Crippen molar-refractivity contribution < 1.29 is 19.9 Å². The molecule has 1 heterocycles. The Balaban J connectivity index is 3.58. The van der Waals surface area contributed by atoms with Gasteiger partial charge >= 0.3 is 11.6 Å². The zero-order valence-electron chi connectivity index (χ0n) is 9.75. The van der Waals surface area contributed by atoms with Crippen LogP contribution in [0.15, 0.2) is 10.3 Å². The van der Waals surface area contributed by atoms with Crippen molar-refractivity contribution in [2.75, 3.05) is 7.11 Å². The number of nitro groups is 2. The average Bonchev–Trinajstić information content (AvgIpc) is 2.68. The van der Waals surface area contributed by atoms with Crippen molar-refractivity contribution in [1.82, 2.24) is 9.78 Å². The molecule has 0 saturated heterocycles. The normalized spacial score (nSPS) is 11.8. The summed E-state index contributed by atoms with van der Waals surface area (Å²) in [6.45, 7) is 0. The van der Waals surface area contributed by atoms with E-state index in [0.717, 1.165) is 13.3 Å². The van der Waals surface area contributed by atoms with E-state index in [1.807, 2.05) is 0 Å².